The van der Waals surface area contributed by atoms with E-state index in [4.69, 9.17) is 0 Å². The Labute approximate surface area is 138 Å². The van der Waals surface area contributed by atoms with Crippen LogP contribution < -0.4 is 0 Å². The third-order valence-electron chi connectivity index (χ3n) is 4.44. The lowest BCUT2D eigenvalue weighted by Gasteiger charge is -2.24. The van der Waals surface area contributed by atoms with Crippen LogP contribution in [0.1, 0.15) is 38.6 Å². The topological polar surface area (TPSA) is 89.3 Å². The summed E-state index contributed by atoms with van der Waals surface area (Å²) in [5.41, 5.74) is 0.997. The molecule has 132 valence electrons. The molecule has 1 saturated heterocycles. The van der Waals surface area contributed by atoms with Gasteiger partial charge in [0, 0.05) is 20.1 Å². The highest BCUT2D eigenvalue weighted by Crippen LogP contribution is 2.31. The smallest absolute Gasteiger partial charge is 0.246 e. The van der Waals surface area contributed by atoms with Gasteiger partial charge in [0.1, 0.15) is 4.90 Å². The van der Waals surface area contributed by atoms with Crippen molar-refractivity contribution in [1.29, 1.82) is 0 Å². The number of hydrogen-bond acceptors (Lipinski definition) is 5. The van der Waals surface area contributed by atoms with Crippen molar-refractivity contribution in [1.82, 2.24) is 14.1 Å². The summed E-state index contributed by atoms with van der Waals surface area (Å²) >= 11 is 0. The Morgan fingerprint density at radius 2 is 1.70 bits per heavy atom. The van der Waals surface area contributed by atoms with Gasteiger partial charge >= 0.3 is 0 Å². The van der Waals surface area contributed by atoms with Crippen LogP contribution in [0.5, 0.6) is 0 Å². The molecule has 23 heavy (non-hydrogen) atoms. The van der Waals surface area contributed by atoms with Gasteiger partial charge in [0.05, 0.1) is 21.4 Å². The molecule has 1 aliphatic heterocycles. The van der Waals surface area contributed by atoms with Gasteiger partial charge in [-0.25, -0.2) is 16.8 Å². The summed E-state index contributed by atoms with van der Waals surface area (Å²) in [5, 5.41) is 3.49. The average Bonchev–Trinajstić information content (AvgIpc) is 2.95. The normalized spacial score (nSPS) is 21.0. The Balaban J connectivity index is 2.35. The van der Waals surface area contributed by atoms with Crippen LogP contribution in [0.25, 0.3) is 0 Å². The minimum atomic E-state index is -3.73. The minimum Gasteiger partial charge on any atom is -0.271 e. The van der Waals surface area contributed by atoms with Crippen LogP contribution in [-0.4, -0.2) is 54.0 Å². The van der Waals surface area contributed by atoms with Crippen LogP contribution in [-0.2, 0) is 26.9 Å². The predicted molar refractivity (Wildman–Crippen MR) is 88.5 cm³/mol. The summed E-state index contributed by atoms with van der Waals surface area (Å²) in [6, 6.07) is 0. The molecule has 1 aliphatic rings. The van der Waals surface area contributed by atoms with E-state index in [0.717, 1.165) is 0 Å². The van der Waals surface area contributed by atoms with E-state index in [-0.39, 0.29) is 18.0 Å². The average molecular weight is 364 g/mol. The van der Waals surface area contributed by atoms with Gasteiger partial charge in [0.15, 0.2) is 9.84 Å². The first-order chi connectivity index (χ1) is 10.3. The Bertz CT molecular complexity index is 817. The molecule has 1 aromatic rings. The Morgan fingerprint density at radius 3 is 2.13 bits per heavy atom. The molecule has 7 nitrogen and oxygen atoms in total. The lowest BCUT2D eigenvalue weighted by atomic mass is 10.3. The predicted octanol–water partition coefficient (Wildman–Crippen LogP) is 1.01. The van der Waals surface area contributed by atoms with Gasteiger partial charge in [-0.2, -0.15) is 9.40 Å². The summed E-state index contributed by atoms with van der Waals surface area (Å²) < 4.78 is 52.8. The molecule has 2 rings (SSSR count). The summed E-state index contributed by atoms with van der Waals surface area (Å²) in [7, 11) is -5.43. The molecule has 0 amide bonds. The molecule has 0 unspecified atom stereocenters. The van der Waals surface area contributed by atoms with Crippen molar-refractivity contribution in [3.8, 4) is 0 Å². The lowest BCUT2D eigenvalue weighted by Crippen LogP contribution is -2.39. The third kappa shape index (κ3) is 2.94. The van der Waals surface area contributed by atoms with Gasteiger partial charge < -0.3 is 0 Å². The summed E-state index contributed by atoms with van der Waals surface area (Å²) in [5.74, 6) is 0. The van der Waals surface area contributed by atoms with E-state index in [9.17, 15) is 16.8 Å². The zero-order valence-corrected chi connectivity index (χ0v) is 16.1. The van der Waals surface area contributed by atoms with Gasteiger partial charge in [-0.1, -0.05) is 0 Å². The highest BCUT2D eigenvalue weighted by atomic mass is 32.2. The standard InChI is InChI=1S/C14H25N3O4S2/c1-10-13(11(2)16(6)15-10)23(20,21)17-8-7-12(9-17)22(18,19)14(3,4)5/h12H,7-9H2,1-6H3/t12-/m0/s1. The van der Waals surface area contributed by atoms with E-state index < -0.39 is 29.9 Å². The minimum absolute atomic E-state index is 0.00963. The molecule has 0 bridgehead atoms. The van der Waals surface area contributed by atoms with Crippen LogP contribution >= 0.6 is 0 Å². The van der Waals surface area contributed by atoms with E-state index in [1.165, 1.54) is 8.99 Å². The van der Waals surface area contributed by atoms with Gasteiger partial charge in [-0.3, -0.25) is 4.68 Å². The van der Waals surface area contributed by atoms with E-state index in [1.807, 2.05) is 0 Å². The van der Waals surface area contributed by atoms with E-state index in [1.54, 1.807) is 41.7 Å². The number of aryl methyl sites for hydroxylation is 2. The zero-order chi connectivity index (χ0) is 17.8. The molecule has 1 aromatic heterocycles. The van der Waals surface area contributed by atoms with Crippen molar-refractivity contribution in [2.75, 3.05) is 13.1 Å². The molecule has 0 aliphatic carbocycles. The summed E-state index contributed by atoms with van der Waals surface area (Å²) in [6.07, 6.45) is 0.331. The van der Waals surface area contributed by atoms with Crippen LogP contribution in [0.3, 0.4) is 0 Å². The molecular weight excluding hydrogens is 338 g/mol. The number of sulfonamides is 1. The third-order valence-corrected chi connectivity index (χ3v) is 9.53. The van der Waals surface area contributed by atoms with Gasteiger partial charge in [0.25, 0.3) is 0 Å². The molecule has 0 radical (unpaired) electrons. The van der Waals surface area contributed by atoms with E-state index >= 15 is 0 Å². The second-order valence-electron chi connectivity index (χ2n) is 7.05. The molecule has 0 saturated carbocycles. The Hall–Kier alpha value is -0.930. The van der Waals surface area contributed by atoms with Crippen LogP contribution in [0, 0.1) is 13.8 Å². The van der Waals surface area contributed by atoms with Crippen molar-refractivity contribution in [2.24, 2.45) is 7.05 Å². The number of nitrogens with zero attached hydrogens (tertiary/aromatic N) is 3. The first-order valence-electron chi connectivity index (χ1n) is 7.54. The lowest BCUT2D eigenvalue weighted by molar-refractivity contribution is 0.474. The van der Waals surface area contributed by atoms with E-state index in [0.29, 0.717) is 17.8 Å². The number of hydrogen-bond donors (Lipinski definition) is 0. The van der Waals surface area contributed by atoms with Crippen molar-refractivity contribution in [3.63, 3.8) is 0 Å². The number of rotatable bonds is 3. The fourth-order valence-electron chi connectivity index (χ4n) is 2.93. The highest BCUT2D eigenvalue weighted by molar-refractivity contribution is 7.93. The molecular formula is C14H25N3O4S2. The second kappa shape index (κ2) is 5.56. The Kier molecular flexibility index (Phi) is 4.45. The fraction of sp³-hybridized carbons (Fsp3) is 0.786. The molecule has 2 heterocycles. The summed E-state index contributed by atoms with van der Waals surface area (Å²) in [6.45, 7) is 8.52. The highest BCUT2D eigenvalue weighted by Gasteiger charge is 2.44. The summed E-state index contributed by atoms with van der Waals surface area (Å²) in [4.78, 5) is 0.189. The van der Waals surface area contributed by atoms with Crippen LogP contribution in [0.4, 0.5) is 0 Å². The van der Waals surface area contributed by atoms with Crippen molar-refractivity contribution in [3.05, 3.63) is 11.4 Å². The van der Waals surface area contributed by atoms with Crippen LogP contribution in [0.15, 0.2) is 4.90 Å². The van der Waals surface area contributed by atoms with E-state index in [2.05, 4.69) is 5.10 Å². The maximum Gasteiger partial charge on any atom is 0.246 e. The fourth-order valence-corrected chi connectivity index (χ4v) is 6.71. The van der Waals surface area contributed by atoms with Gasteiger partial charge in [-0.15, -0.1) is 0 Å². The molecule has 1 atom stereocenters. The van der Waals surface area contributed by atoms with Crippen molar-refractivity contribution < 1.29 is 16.8 Å². The Morgan fingerprint density at radius 1 is 1.13 bits per heavy atom. The molecule has 9 heteroatoms. The molecule has 0 aromatic carbocycles. The van der Waals surface area contributed by atoms with Gasteiger partial charge in [0.2, 0.25) is 10.0 Å². The zero-order valence-electron chi connectivity index (χ0n) is 14.5. The van der Waals surface area contributed by atoms with Gasteiger partial charge in [-0.05, 0) is 41.0 Å². The first kappa shape index (κ1) is 18.4. The van der Waals surface area contributed by atoms with Crippen molar-refractivity contribution in [2.45, 2.75) is 55.9 Å². The van der Waals surface area contributed by atoms with Crippen molar-refractivity contribution >= 4 is 19.9 Å². The monoisotopic (exact) mass is 363 g/mol. The second-order valence-corrected chi connectivity index (χ2v) is 11.9. The number of aromatic nitrogens is 2. The largest absolute Gasteiger partial charge is 0.271 e. The van der Waals surface area contributed by atoms with Crippen LogP contribution in [0.2, 0.25) is 0 Å². The first-order valence-corrected chi connectivity index (χ1v) is 10.5. The maximum absolute atomic E-state index is 12.9. The quantitative estimate of drug-likeness (QED) is 0.800. The SMILES string of the molecule is Cc1nn(C)c(C)c1S(=O)(=O)N1CC[C@H](S(=O)(=O)C(C)(C)C)C1. The molecule has 0 N–H and O–H groups in total. The maximum atomic E-state index is 12.9. The number of sulfone groups is 1. The molecule has 1 fully saturated rings. The molecule has 0 spiro atoms.